The van der Waals surface area contributed by atoms with Crippen LogP contribution in [0.25, 0.3) is 0 Å². The van der Waals surface area contributed by atoms with Gasteiger partial charge in [0.2, 0.25) is 5.91 Å². The van der Waals surface area contributed by atoms with Gasteiger partial charge in [-0.25, -0.2) is 0 Å². The molecule has 1 heterocycles. The molecular formula is C18H28ClN2O4P. The Morgan fingerprint density at radius 2 is 2.00 bits per heavy atom. The zero-order chi connectivity index (χ0) is 19.3. The lowest BCUT2D eigenvalue weighted by molar-refractivity contribution is -0.122. The van der Waals surface area contributed by atoms with Crippen molar-refractivity contribution in [2.75, 3.05) is 13.1 Å². The maximum absolute atomic E-state index is 12.5. The molecule has 2 atom stereocenters. The fourth-order valence-corrected chi connectivity index (χ4v) is 4.51. The van der Waals surface area contributed by atoms with Crippen LogP contribution in [0.1, 0.15) is 38.7 Å². The molecule has 1 aliphatic heterocycles. The van der Waals surface area contributed by atoms with Crippen molar-refractivity contribution in [1.29, 1.82) is 0 Å². The van der Waals surface area contributed by atoms with Crippen LogP contribution in [-0.2, 0) is 15.9 Å². The molecule has 0 bridgehead atoms. The average molecular weight is 403 g/mol. The molecule has 1 unspecified atom stereocenters. The lowest BCUT2D eigenvalue weighted by Gasteiger charge is -2.34. The number of halogens is 1. The second-order valence-electron chi connectivity index (χ2n) is 7.44. The first kappa shape index (κ1) is 21.4. The van der Waals surface area contributed by atoms with Crippen LogP contribution in [0.3, 0.4) is 0 Å². The first-order valence-electron chi connectivity index (χ1n) is 8.97. The van der Waals surface area contributed by atoms with Crippen molar-refractivity contribution in [3.05, 3.63) is 34.9 Å². The summed E-state index contributed by atoms with van der Waals surface area (Å²) in [6.07, 6.45) is 1.93. The largest absolute Gasteiger partial charge is 0.351 e. The van der Waals surface area contributed by atoms with Crippen molar-refractivity contribution in [1.82, 2.24) is 10.2 Å². The molecule has 0 aliphatic carbocycles. The molecule has 26 heavy (non-hydrogen) atoms. The number of carbonyl (C=O) groups is 1. The Labute approximate surface area is 160 Å². The standard InChI is InChI=1S/C18H28ClN2O4P/c1-13(2)10-17(26(23,24)25)18(22)20-16-4-3-9-21(12-16)11-14-5-7-15(19)8-6-14/h5-8,13,16-17H,3-4,9-12H2,1-2H3,(H,20,22)(H2,23,24,25)/t16-,17?/m1/s1. The molecule has 146 valence electrons. The Bertz CT molecular complexity index is 647. The molecule has 0 saturated carbocycles. The fourth-order valence-electron chi connectivity index (χ4n) is 3.31. The predicted octanol–water partition coefficient (Wildman–Crippen LogP) is 3.01. The van der Waals surface area contributed by atoms with Gasteiger partial charge in [0.15, 0.2) is 0 Å². The van der Waals surface area contributed by atoms with Crippen LogP contribution in [0.15, 0.2) is 24.3 Å². The predicted molar refractivity (Wildman–Crippen MR) is 103 cm³/mol. The van der Waals surface area contributed by atoms with E-state index in [0.717, 1.165) is 31.5 Å². The van der Waals surface area contributed by atoms with Gasteiger partial charge < -0.3 is 15.1 Å². The van der Waals surface area contributed by atoms with Gasteiger partial charge in [0.1, 0.15) is 5.66 Å². The normalized spacial score (nSPS) is 20.2. The van der Waals surface area contributed by atoms with Gasteiger partial charge in [0.05, 0.1) is 0 Å². The minimum atomic E-state index is -4.47. The van der Waals surface area contributed by atoms with E-state index in [0.29, 0.717) is 11.6 Å². The molecule has 3 N–H and O–H groups in total. The maximum atomic E-state index is 12.5. The van der Waals surface area contributed by atoms with Gasteiger partial charge in [-0.05, 0) is 49.4 Å². The summed E-state index contributed by atoms with van der Waals surface area (Å²) in [6, 6.07) is 7.59. The van der Waals surface area contributed by atoms with Gasteiger partial charge in [-0.2, -0.15) is 0 Å². The first-order chi connectivity index (χ1) is 12.1. The Kier molecular flexibility index (Phi) is 7.68. The van der Waals surface area contributed by atoms with Crippen molar-refractivity contribution in [2.24, 2.45) is 5.92 Å². The molecule has 8 heteroatoms. The maximum Gasteiger partial charge on any atom is 0.337 e. The zero-order valence-corrected chi connectivity index (χ0v) is 16.9. The highest BCUT2D eigenvalue weighted by Gasteiger charge is 2.37. The SMILES string of the molecule is CC(C)CC(C(=O)N[C@@H]1CCCN(Cc2ccc(Cl)cc2)C1)P(=O)(O)O. The van der Waals surface area contributed by atoms with Crippen LogP contribution >= 0.6 is 19.2 Å². The van der Waals surface area contributed by atoms with E-state index in [2.05, 4.69) is 10.2 Å². The van der Waals surface area contributed by atoms with E-state index in [1.54, 1.807) is 0 Å². The molecular weight excluding hydrogens is 375 g/mol. The quantitative estimate of drug-likeness (QED) is 0.610. The molecule has 1 fully saturated rings. The summed E-state index contributed by atoms with van der Waals surface area (Å²) in [5.74, 6) is -0.503. The van der Waals surface area contributed by atoms with Crippen LogP contribution in [0, 0.1) is 5.92 Å². The van der Waals surface area contributed by atoms with Crippen LogP contribution in [0.5, 0.6) is 0 Å². The van der Waals surface area contributed by atoms with Crippen molar-refractivity contribution < 1.29 is 19.1 Å². The molecule has 1 aromatic carbocycles. The van der Waals surface area contributed by atoms with E-state index in [4.69, 9.17) is 11.6 Å². The summed E-state index contributed by atoms with van der Waals surface area (Å²) in [5, 5.41) is 3.56. The van der Waals surface area contributed by atoms with Crippen molar-refractivity contribution in [3.63, 3.8) is 0 Å². The Hall–Kier alpha value is -0.910. The number of nitrogens with one attached hydrogen (secondary N) is 1. The van der Waals surface area contributed by atoms with Crippen LogP contribution < -0.4 is 5.32 Å². The minimum absolute atomic E-state index is 0.0335. The number of benzene rings is 1. The number of amides is 1. The number of rotatable bonds is 7. The van der Waals surface area contributed by atoms with E-state index in [1.807, 2.05) is 38.1 Å². The fraction of sp³-hybridized carbons (Fsp3) is 0.611. The van der Waals surface area contributed by atoms with Crippen molar-refractivity contribution in [2.45, 2.75) is 51.4 Å². The average Bonchev–Trinajstić information content (AvgIpc) is 2.54. The molecule has 0 spiro atoms. The minimum Gasteiger partial charge on any atom is -0.351 e. The molecule has 1 saturated heterocycles. The highest BCUT2D eigenvalue weighted by Crippen LogP contribution is 2.44. The van der Waals surface area contributed by atoms with E-state index in [-0.39, 0.29) is 18.4 Å². The van der Waals surface area contributed by atoms with E-state index in [9.17, 15) is 19.1 Å². The number of nitrogens with zero attached hydrogens (tertiary/aromatic N) is 1. The number of piperidine rings is 1. The summed E-state index contributed by atoms with van der Waals surface area (Å²) in [7, 11) is -4.47. The molecule has 1 amide bonds. The zero-order valence-electron chi connectivity index (χ0n) is 15.3. The van der Waals surface area contributed by atoms with Gasteiger partial charge in [-0.3, -0.25) is 14.3 Å². The lowest BCUT2D eigenvalue weighted by atomic mass is 10.0. The summed E-state index contributed by atoms with van der Waals surface area (Å²) in [4.78, 5) is 33.8. The Morgan fingerprint density at radius 3 is 2.58 bits per heavy atom. The van der Waals surface area contributed by atoms with Gasteiger partial charge in [0, 0.05) is 24.2 Å². The second kappa shape index (κ2) is 9.34. The van der Waals surface area contributed by atoms with Crippen LogP contribution in [0.4, 0.5) is 0 Å². The monoisotopic (exact) mass is 402 g/mol. The molecule has 2 rings (SSSR count). The summed E-state index contributed by atoms with van der Waals surface area (Å²) < 4.78 is 11.7. The van der Waals surface area contributed by atoms with E-state index >= 15 is 0 Å². The summed E-state index contributed by atoms with van der Waals surface area (Å²) >= 11 is 5.91. The molecule has 1 aliphatic rings. The van der Waals surface area contributed by atoms with E-state index < -0.39 is 19.2 Å². The summed E-state index contributed by atoms with van der Waals surface area (Å²) in [5.41, 5.74) is -0.122. The van der Waals surface area contributed by atoms with E-state index in [1.165, 1.54) is 0 Å². The molecule has 1 aromatic rings. The topological polar surface area (TPSA) is 89.9 Å². The highest BCUT2D eigenvalue weighted by molar-refractivity contribution is 7.53. The second-order valence-corrected chi connectivity index (χ2v) is 9.68. The third-order valence-electron chi connectivity index (χ3n) is 4.57. The van der Waals surface area contributed by atoms with Crippen LogP contribution in [0.2, 0.25) is 5.02 Å². The number of hydrogen-bond donors (Lipinski definition) is 3. The number of carbonyl (C=O) groups excluding carboxylic acids is 1. The van der Waals surface area contributed by atoms with Crippen molar-refractivity contribution in [3.8, 4) is 0 Å². The molecule has 0 radical (unpaired) electrons. The van der Waals surface area contributed by atoms with Gasteiger partial charge >= 0.3 is 7.60 Å². The first-order valence-corrected chi connectivity index (χ1v) is 11.0. The highest BCUT2D eigenvalue weighted by atomic mass is 35.5. The number of hydrogen-bond acceptors (Lipinski definition) is 3. The smallest absolute Gasteiger partial charge is 0.337 e. The molecule has 0 aromatic heterocycles. The van der Waals surface area contributed by atoms with Crippen LogP contribution in [-0.4, -0.2) is 45.4 Å². The van der Waals surface area contributed by atoms with Gasteiger partial charge in [-0.15, -0.1) is 0 Å². The lowest BCUT2D eigenvalue weighted by Crippen LogP contribution is -2.50. The Morgan fingerprint density at radius 1 is 1.35 bits per heavy atom. The third-order valence-corrected chi connectivity index (χ3v) is 6.08. The molecule has 6 nitrogen and oxygen atoms in total. The third kappa shape index (κ3) is 6.67. The summed E-state index contributed by atoms with van der Waals surface area (Å²) in [6.45, 7) is 6.07. The van der Waals surface area contributed by atoms with Gasteiger partial charge in [0.25, 0.3) is 0 Å². The van der Waals surface area contributed by atoms with Gasteiger partial charge in [-0.1, -0.05) is 37.6 Å². The van der Waals surface area contributed by atoms with Crippen molar-refractivity contribution >= 4 is 25.1 Å². The number of likely N-dealkylation sites (tertiary alicyclic amines) is 1. The Balaban J connectivity index is 1.94.